The molecule has 66 valence electrons. The van der Waals surface area contributed by atoms with E-state index in [0.29, 0.717) is 0 Å². The standard InChI is InChI=1S/C10H14O2/c1-4-8-6-7-10(3,5-2)12-9(8)11/h4-5H,2,6-7H2,1,3H3/b8-4+. The largest absolute Gasteiger partial charge is 0.452 e. The quantitative estimate of drug-likeness (QED) is 0.339. The zero-order valence-electron chi connectivity index (χ0n) is 7.59. The van der Waals surface area contributed by atoms with Crippen molar-refractivity contribution in [3.8, 4) is 0 Å². The smallest absolute Gasteiger partial charge is 0.334 e. The van der Waals surface area contributed by atoms with Crippen LogP contribution in [0.4, 0.5) is 0 Å². The third-order valence-electron chi connectivity index (χ3n) is 2.26. The van der Waals surface area contributed by atoms with Gasteiger partial charge < -0.3 is 4.74 Å². The molecule has 1 unspecified atom stereocenters. The number of ether oxygens (including phenoxy) is 1. The Morgan fingerprint density at radius 3 is 2.75 bits per heavy atom. The van der Waals surface area contributed by atoms with Crippen molar-refractivity contribution in [3.63, 3.8) is 0 Å². The molecule has 2 nitrogen and oxygen atoms in total. The molecule has 1 fully saturated rings. The third-order valence-corrected chi connectivity index (χ3v) is 2.26. The topological polar surface area (TPSA) is 26.3 Å². The van der Waals surface area contributed by atoms with Crippen molar-refractivity contribution in [1.29, 1.82) is 0 Å². The van der Waals surface area contributed by atoms with Crippen LogP contribution < -0.4 is 0 Å². The number of rotatable bonds is 1. The fraction of sp³-hybridized carbons (Fsp3) is 0.500. The molecule has 0 aromatic carbocycles. The van der Waals surface area contributed by atoms with Crippen LogP contribution in [-0.2, 0) is 9.53 Å². The molecule has 0 saturated carbocycles. The highest BCUT2D eigenvalue weighted by molar-refractivity contribution is 5.89. The SMILES string of the molecule is C=CC1(C)CC/C(=C\C)C(=O)O1. The molecule has 0 N–H and O–H groups in total. The first kappa shape index (κ1) is 9.04. The van der Waals surface area contributed by atoms with Crippen LogP contribution in [0, 0.1) is 0 Å². The third kappa shape index (κ3) is 1.58. The molecule has 0 bridgehead atoms. The second-order valence-electron chi connectivity index (χ2n) is 3.22. The summed E-state index contributed by atoms with van der Waals surface area (Å²) in [6.07, 6.45) is 5.13. The van der Waals surface area contributed by atoms with Crippen LogP contribution in [0.1, 0.15) is 26.7 Å². The van der Waals surface area contributed by atoms with Crippen molar-refractivity contribution < 1.29 is 9.53 Å². The minimum atomic E-state index is -0.455. The first-order valence-electron chi connectivity index (χ1n) is 4.13. The van der Waals surface area contributed by atoms with E-state index >= 15 is 0 Å². The molecule has 0 amide bonds. The van der Waals surface area contributed by atoms with Gasteiger partial charge in [0.2, 0.25) is 0 Å². The molecule has 12 heavy (non-hydrogen) atoms. The number of cyclic esters (lactones) is 1. The van der Waals surface area contributed by atoms with Crippen molar-refractivity contribution in [3.05, 3.63) is 24.3 Å². The summed E-state index contributed by atoms with van der Waals surface area (Å²) in [6, 6.07) is 0. The van der Waals surface area contributed by atoms with Crippen molar-refractivity contribution in [2.75, 3.05) is 0 Å². The molecular formula is C10H14O2. The summed E-state index contributed by atoms with van der Waals surface area (Å²) in [5, 5.41) is 0. The Labute approximate surface area is 72.9 Å². The number of hydrogen-bond acceptors (Lipinski definition) is 2. The Morgan fingerprint density at radius 2 is 2.33 bits per heavy atom. The summed E-state index contributed by atoms with van der Waals surface area (Å²) in [5.41, 5.74) is 0.318. The minimum Gasteiger partial charge on any atom is -0.452 e. The van der Waals surface area contributed by atoms with Gasteiger partial charge in [-0.15, -0.1) is 0 Å². The summed E-state index contributed by atoms with van der Waals surface area (Å²) in [5.74, 6) is -0.203. The van der Waals surface area contributed by atoms with Gasteiger partial charge in [-0.1, -0.05) is 12.7 Å². The molecule has 1 aliphatic rings. The van der Waals surface area contributed by atoms with Gasteiger partial charge in [0.1, 0.15) is 5.60 Å². The monoisotopic (exact) mass is 166 g/mol. The van der Waals surface area contributed by atoms with E-state index in [1.165, 1.54) is 0 Å². The van der Waals surface area contributed by atoms with Crippen molar-refractivity contribution in [2.24, 2.45) is 0 Å². The second-order valence-corrected chi connectivity index (χ2v) is 3.22. The predicted molar refractivity (Wildman–Crippen MR) is 47.7 cm³/mol. The van der Waals surface area contributed by atoms with E-state index in [-0.39, 0.29) is 5.97 Å². The number of esters is 1. The van der Waals surface area contributed by atoms with Crippen molar-refractivity contribution in [2.45, 2.75) is 32.3 Å². The molecular weight excluding hydrogens is 152 g/mol. The molecule has 0 aliphatic carbocycles. The number of carbonyl (C=O) groups excluding carboxylic acids is 1. The Balaban J connectivity index is 2.76. The predicted octanol–water partition coefficient (Wildman–Crippen LogP) is 2.21. The molecule has 0 aromatic rings. The van der Waals surface area contributed by atoms with Gasteiger partial charge in [0, 0.05) is 5.57 Å². The van der Waals surface area contributed by atoms with Gasteiger partial charge >= 0.3 is 5.97 Å². The van der Waals surface area contributed by atoms with Gasteiger partial charge in [-0.05, 0) is 32.8 Å². The minimum absolute atomic E-state index is 0.203. The molecule has 0 spiro atoms. The van der Waals surface area contributed by atoms with Crippen LogP contribution in [0.5, 0.6) is 0 Å². The van der Waals surface area contributed by atoms with Crippen molar-refractivity contribution in [1.82, 2.24) is 0 Å². The van der Waals surface area contributed by atoms with E-state index in [2.05, 4.69) is 6.58 Å². The van der Waals surface area contributed by atoms with E-state index in [0.717, 1.165) is 18.4 Å². The molecule has 1 saturated heterocycles. The van der Waals surface area contributed by atoms with E-state index < -0.39 is 5.60 Å². The van der Waals surface area contributed by atoms with Crippen LogP contribution in [0.3, 0.4) is 0 Å². The van der Waals surface area contributed by atoms with E-state index in [9.17, 15) is 4.79 Å². The van der Waals surface area contributed by atoms with Crippen molar-refractivity contribution >= 4 is 5.97 Å². The average molecular weight is 166 g/mol. The van der Waals surface area contributed by atoms with Gasteiger partial charge in [-0.3, -0.25) is 0 Å². The molecule has 0 aromatic heterocycles. The second kappa shape index (κ2) is 3.13. The summed E-state index contributed by atoms with van der Waals surface area (Å²) in [4.78, 5) is 11.3. The average Bonchev–Trinajstić information content (AvgIpc) is 2.05. The number of allylic oxidation sites excluding steroid dienone is 1. The highest BCUT2D eigenvalue weighted by Gasteiger charge is 2.31. The molecule has 1 atom stereocenters. The Hall–Kier alpha value is -1.05. The highest BCUT2D eigenvalue weighted by atomic mass is 16.6. The van der Waals surface area contributed by atoms with Gasteiger partial charge in [-0.2, -0.15) is 0 Å². The highest BCUT2D eigenvalue weighted by Crippen LogP contribution is 2.28. The lowest BCUT2D eigenvalue weighted by molar-refractivity contribution is -0.153. The zero-order valence-corrected chi connectivity index (χ0v) is 7.59. The Morgan fingerprint density at radius 1 is 1.67 bits per heavy atom. The molecule has 1 heterocycles. The van der Waals surface area contributed by atoms with E-state index in [1.807, 2.05) is 19.9 Å². The summed E-state index contributed by atoms with van der Waals surface area (Å²) < 4.78 is 5.20. The van der Waals surface area contributed by atoms with E-state index in [1.54, 1.807) is 6.08 Å². The molecule has 1 rings (SSSR count). The number of hydrogen-bond donors (Lipinski definition) is 0. The number of carbonyl (C=O) groups is 1. The van der Waals surface area contributed by atoms with Crippen LogP contribution in [0.25, 0.3) is 0 Å². The summed E-state index contributed by atoms with van der Waals surface area (Å²) >= 11 is 0. The fourth-order valence-corrected chi connectivity index (χ4v) is 1.22. The zero-order chi connectivity index (χ0) is 9.19. The summed E-state index contributed by atoms with van der Waals surface area (Å²) in [7, 11) is 0. The molecule has 0 radical (unpaired) electrons. The maximum Gasteiger partial charge on any atom is 0.334 e. The Bertz CT molecular complexity index is 240. The van der Waals surface area contributed by atoms with Gasteiger partial charge in [-0.25, -0.2) is 4.79 Å². The lowest BCUT2D eigenvalue weighted by Crippen LogP contribution is -2.34. The first-order valence-corrected chi connectivity index (χ1v) is 4.13. The lowest BCUT2D eigenvalue weighted by Gasteiger charge is -2.31. The summed E-state index contributed by atoms with van der Waals surface area (Å²) in [6.45, 7) is 7.38. The first-order chi connectivity index (χ1) is 5.61. The lowest BCUT2D eigenvalue weighted by atomic mass is 9.93. The van der Waals surface area contributed by atoms with Gasteiger partial charge in [0.15, 0.2) is 0 Å². The fourth-order valence-electron chi connectivity index (χ4n) is 1.22. The van der Waals surface area contributed by atoms with E-state index in [4.69, 9.17) is 4.74 Å². The van der Waals surface area contributed by atoms with Crippen LogP contribution >= 0.6 is 0 Å². The van der Waals surface area contributed by atoms with Gasteiger partial charge in [0.05, 0.1) is 0 Å². The Kier molecular flexibility index (Phi) is 2.36. The maximum atomic E-state index is 11.3. The van der Waals surface area contributed by atoms with Crippen LogP contribution in [0.2, 0.25) is 0 Å². The van der Waals surface area contributed by atoms with Crippen LogP contribution in [0.15, 0.2) is 24.3 Å². The van der Waals surface area contributed by atoms with Gasteiger partial charge in [0.25, 0.3) is 0 Å². The normalized spacial score (nSPS) is 33.2. The van der Waals surface area contributed by atoms with Crippen LogP contribution in [-0.4, -0.2) is 11.6 Å². The molecule has 1 aliphatic heterocycles. The molecule has 2 heteroatoms. The maximum absolute atomic E-state index is 11.3.